The van der Waals surface area contributed by atoms with E-state index in [4.69, 9.17) is 10.00 Å². The number of nitrogens with one attached hydrogen (secondary N) is 1. The topological polar surface area (TPSA) is 45.0 Å². The maximum absolute atomic E-state index is 8.79. The molecule has 1 N–H and O–H groups in total. The van der Waals surface area contributed by atoms with Crippen molar-refractivity contribution in [2.24, 2.45) is 0 Å². The van der Waals surface area contributed by atoms with Crippen LogP contribution in [-0.2, 0) is 11.3 Å². The van der Waals surface area contributed by atoms with Crippen LogP contribution in [0.3, 0.4) is 0 Å². The standard InChI is InChI=1S/C13H16N2O/c14-9-11-2-1-3-12(8-11)10-15-13-4-6-16-7-5-13/h1-3,8,13,15H,4-7,10H2. The van der Waals surface area contributed by atoms with Gasteiger partial charge in [-0.3, -0.25) is 0 Å². The first-order valence-corrected chi connectivity index (χ1v) is 5.68. The molecule has 3 nitrogen and oxygen atoms in total. The highest BCUT2D eigenvalue weighted by molar-refractivity contribution is 5.32. The molecule has 0 spiro atoms. The SMILES string of the molecule is N#Cc1cccc(CNC2CCOCC2)c1. The molecule has 0 amide bonds. The minimum absolute atomic E-state index is 0.555. The van der Waals surface area contributed by atoms with Crippen LogP contribution in [-0.4, -0.2) is 19.3 Å². The van der Waals surface area contributed by atoms with E-state index in [2.05, 4.69) is 11.4 Å². The van der Waals surface area contributed by atoms with Gasteiger partial charge in [0.05, 0.1) is 11.6 Å². The van der Waals surface area contributed by atoms with Gasteiger partial charge in [0.15, 0.2) is 0 Å². The first-order valence-electron chi connectivity index (χ1n) is 5.68. The second-order valence-corrected chi connectivity index (χ2v) is 4.08. The van der Waals surface area contributed by atoms with E-state index in [-0.39, 0.29) is 0 Å². The second-order valence-electron chi connectivity index (χ2n) is 4.08. The predicted molar refractivity (Wildman–Crippen MR) is 61.8 cm³/mol. The number of benzene rings is 1. The van der Waals surface area contributed by atoms with Gasteiger partial charge < -0.3 is 10.1 Å². The van der Waals surface area contributed by atoms with Crippen LogP contribution in [0.5, 0.6) is 0 Å². The van der Waals surface area contributed by atoms with Crippen molar-refractivity contribution in [3.63, 3.8) is 0 Å². The van der Waals surface area contributed by atoms with Gasteiger partial charge in [-0.15, -0.1) is 0 Å². The molecule has 1 aromatic rings. The molecule has 3 heteroatoms. The van der Waals surface area contributed by atoms with Crippen LogP contribution < -0.4 is 5.32 Å². The summed E-state index contributed by atoms with van der Waals surface area (Å²) in [6, 6.07) is 10.5. The van der Waals surface area contributed by atoms with Crippen molar-refractivity contribution in [2.45, 2.75) is 25.4 Å². The molecule has 1 aliphatic heterocycles. The molecule has 0 saturated carbocycles. The van der Waals surface area contributed by atoms with Gasteiger partial charge in [0.25, 0.3) is 0 Å². The van der Waals surface area contributed by atoms with Crippen LogP contribution in [0.15, 0.2) is 24.3 Å². The normalized spacial score (nSPS) is 16.9. The Morgan fingerprint density at radius 3 is 2.94 bits per heavy atom. The summed E-state index contributed by atoms with van der Waals surface area (Å²) < 4.78 is 5.31. The minimum atomic E-state index is 0.555. The molecular weight excluding hydrogens is 200 g/mol. The average Bonchev–Trinajstić information content (AvgIpc) is 2.38. The predicted octanol–water partition coefficient (Wildman–Crippen LogP) is 1.83. The minimum Gasteiger partial charge on any atom is -0.381 e. The lowest BCUT2D eigenvalue weighted by Gasteiger charge is -2.23. The number of ether oxygens (including phenoxy) is 1. The molecule has 84 valence electrons. The summed E-state index contributed by atoms with van der Waals surface area (Å²) in [6.45, 7) is 2.55. The fourth-order valence-corrected chi connectivity index (χ4v) is 1.91. The van der Waals surface area contributed by atoms with Crippen molar-refractivity contribution in [3.05, 3.63) is 35.4 Å². The molecule has 0 unspecified atom stereocenters. The van der Waals surface area contributed by atoms with Gasteiger partial charge in [-0.1, -0.05) is 12.1 Å². The maximum atomic E-state index is 8.79. The van der Waals surface area contributed by atoms with E-state index >= 15 is 0 Å². The van der Waals surface area contributed by atoms with Crippen molar-refractivity contribution in [3.8, 4) is 6.07 Å². The molecule has 1 aromatic carbocycles. The molecule has 0 bridgehead atoms. The molecule has 0 aliphatic carbocycles. The van der Waals surface area contributed by atoms with Crippen molar-refractivity contribution < 1.29 is 4.74 Å². The summed E-state index contributed by atoms with van der Waals surface area (Å²) in [5.41, 5.74) is 1.90. The zero-order valence-electron chi connectivity index (χ0n) is 9.28. The Balaban J connectivity index is 1.86. The first kappa shape index (κ1) is 11.1. The summed E-state index contributed by atoms with van der Waals surface area (Å²) in [6.07, 6.45) is 2.16. The molecular formula is C13H16N2O. The van der Waals surface area contributed by atoms with Crippen molar-refractivity contribution in [2.75, 3.05) is 13.2 Å². The molecule has 1 fully saturated rings. The van der Waals surface area contributed by atoms with Crippen molar-refractivity contribution >= 4 is 0 Å². The Morgan fingerprint density at radius 2 is 2.19 bits per heavy atom. The highest BCUT2D eigenvalue weighted by Crippen LogP contribution is 2.09. The summed E-state index contributed by atoms with van der Waals surface area (Å²) in [5, 5.41) is 12.3. The molecule has 1 heterocycles. The molecule has 0 aromatic heterocycles. The summed E-state index contributed by atoms with van der Waals surface area (Å²) in [4.78, 5) is 0. The monoisotopic (exact) mass is 216 g/mol. The van der Waals surface area contributed by atoms with Crippen LogP contribution in [0.25, 0.3) is 0 Å². The first-order chi connectivity index (χ1) is 7.88. The highest BCUT2D eigenvalue weighted by Gasteiger charge is 2.12. The number of hydrogen-bond acceptors (Lipinski definition) is 3. The summed E-state index contributed by atoms with van der Waals surface area (Å²) in [5.74, 6) is 0. The van der Waals surface area contributed by atoms with Crippen LogP contribution >= 0.6 is 0 Å². The largest absolute Gasteiger partial charge is 0.381 e. The Morgan fingerprint density at radius 1 is 1.38 bits per heavy atom. The maximum Gasteiger partial charge on any atom is 0.0991 e. The van der Waals surface area contributed by atoms with Gasteiger partial charge in [-0.05, 0) is 30.5 Å². The van der Waals surface area contributed by atoms with Gasteiger partial charge in [-0.25, -0.2) is 0 Å². The van der Waals surface area contributed by atoms with Gasteiger partial charge in [-0.2, -0.15) is 5.26 Å². The van der Waals surface area contributed by atoms with Gasteiger partial charge >= 0.3 is 0 Å². The van der Waals surface area contributed by atoms with Crippen LogP contribution in [0, 0.1) is 11.3 Å². The molecule has 1 aliphatic rings. The zero-order valence-corrected chi connectivity index (χ0v) is 9.28. The highest BCUT2D eigenvalue weighted by atomic mass is 16.5. The number of rotatable bonds is 3. The third-order valence-electron chi connectivity index (χ3n) is 2.87. The van der Waals surface area contributed by atoms with Crippen LogP contribution in [0.4, 0.5) is 0 Å². The van der Waals surface area contributed by atoms with E-state index in [9.17, 15) is 0 Å². The van der Waals surface area contributed by atoms with Crippen molar-refractivity contribution in [1.82, 2.24) is 5.32 Å². The summed E-state index contributed by atoms with van der Waals surface area (Å²) >= 11 is 0. The average molecular weight is 216 g/mol. The van der Waals surface area contributed by atoms with Gasteiger partial charge in [0.2, 0.25) is 0 Å². The number of hydrogen-bond donors (Lipinski definition) is 1. The molecule has 1 saturated heterocycles. The van der Waals surface area contributed by atoms with E-state index in [0.717, 1.165) is 38.2 Å². The Labute approximate surface area is 96.0 Å². The van der Waals surface area contributed by atoms with Gasteiger partial charge in [0, 0.05) is 25.8 Å². The lowest BCUT2D eigenvalue weighted by molar-refractivity contribution is 0.0776. The molecule has 16 heavy (non-hydrogen) atoms. The second kappa shape index (κ2) is 5.64. The quantitative estimate of drug-likeness (QED) is 0.838. The fourth-order valence-electron chi connectivity index (χ4n) is 1.91. The van der Waals surface area contributed by atoms with Crippen LogP contribution in [0.1, 0.15) is 24.0 Å². The zero-order chi connectivity index (χ0) is 11.2. The van der Waals surface area contributed by atoms with Crippen molar-refractivity contribution in [1.29, 1.82) is 5.26 Å². The van der Waals surface area contributed by atoms with E-state index < -0.39 is 0 Å². The lowest BCUT2D eigenvalue weighted by Crippen LogP contribution is -2.34. The lowest BCUT2D eigenvalue weighted by atomic mass is 10.1. The van der Waals surface area contributed by atoms with Gasteiger partial charge in [0.1, 0.15) is 0 Å². The molecule has 2 rings (SSSR count). The smallest absolute Gasteiger partial charge is 0.0991 e. The number of nitrogens with zero attached hydrogens (tertiary/aromatic N) is 1. The number of nitriles is 1. The molecule has 0 radical (unpaired) electrons. The molecule has 0 atom stereocenters. The Kier molecular flexibility index (Phi) is 3.92. The Bertz CT molecular complexity index is 378. The third kappa shape index (κ3) is 3.06. The van der Waals surface area contributed by atoms with E-state index in [1.165, 1.54) is 5.56 Å². The van der Waals surface area contributed by atoms with E-state index in [1.54, 1.807) is 0 Å². The third-order valence-corrected chi connectivity index (χ3v) is 2.87. The van der Waals surface area contributed by atoms with Crippen LogP contribution in [0.2, 0.25) is 0 Å². The fraction of sp³-hybridized carbons (Fsp3) is 0.462. The Hall–Kier alpha value is -1.37. The van der Waals surface area contributed by atoms with E-state index in [1.807, 2.05) is 24.3 Å². The van der Waals surface area contributed by atoms with E-state index in [0.29, 0.717) is 6.04 Å². The summed E-state index contributed by atoms with van der Waals surface area (Å²) in [7, 11) is 0.